The number of morpholine rings is 1. The van der Waals surface area contributed by atoms with E-state index in [1.807, 2.05) is 12.4 Å². The Balaban J connectivity index is 2.01. The van der Waals surface area contributed by atoms with E-state index in [0.717, 1.165) is 25.5 Å². The number of imidazole rings is 1. The van der Waals surface area contributed by atoms with Gasteiger partial charge in [0.1, 0.15) is 5.82 Å². The normalized spacial score (nSPS) is 26.3. The molecule has 5 nitrogen and oxygen atoms in total. The van der Waals surface area contributed by atoms with Crippen LogP contribution in [-0.4, -0.2) is 51.5 Å². The zero-order valence-electron chi connectivity index (χ0n) is 10.5. The summed E-state index contributed by atoms with van der Waals surface area (Å²) in [7, 11) is 0. The highest BCUT2D eigenvalue weighted by Crippen LogP contribution is 2.14. The number of aromatic nitrogens is 2. The topological polar surface area (TPSA) is 50.5 Å². The van der Waals surface area contributed by atoms with Crippen molar-refractivity contribution < 1.29 is 9.84 Å². The number of aryl methyl sites for hydroxylation is 1. The molecular weight excluding hydrogens is 218 g/mol. The van der Waals surface area contributed by atoms with Gasteiger partial charge in [-0.1, -0.05) is 0 Å². The maximum atomic E-state index is 9.15. The van der Waals surface area contributed by atoms with Crippen LogP contribution < -0.4 is 0 Å². The van der Waals surface area contributed by atoms with Crippen molar-refractivity contribution in [1.29, 1.82) is 0 Å². The molecule has 0 aromatic carbocycles. The van der Waals surface area contributed by atoms with Gasteiger partial charge in [0.25, 0.3) is 0 Å². The molecule has 2 rings (SSSR count). The van der Waals surface area contributed by atoms with E-state index >= 15 is 0 Å². The summed E-state index contributed by atoms with van der Waals surface area (Å²) in [6.45, 7) is 7.56. The quantitative estimate of drug-likeness (QED) is 0.830. The van der Waals surface area contributed by atoms with Gasteiger partial charge in [0.05, 0.1) is 25.9 Å². The molecule has 1 aliphatic rings. The maximum absolute atomic E-state index is 9.15. The molecule has 2 atom stereocenters. The molecule has 2 heterocycles. The summed E-state index contributed by atoms with van der Waals surface area (Å²) in [4.78, 5) is 6.70. The van der Waals surface area contributed by atoms with Crippen LogP contribution in [0, 0.1) is 0 Å². The lowest BCUT2D eigenvalue weighted by molar-refractivity contribution is -0.0814. The lowest BCUT2D eigenvalue weighted by atomic mass is 10.2. The average Bonchev–Trinajstić information content (AvgIpc) is 2.79. The van der Waals surface area contributed by atoms with E-state index in [1.54, 1.807) is 0 Å². The van der Waals surface area contributed by atoms with Gasteiger partial charge in [0.15, 0.2) is 0 Å². The average molecular weight is 239 g/mol. The molecule has 1 aliphatic heterocycles. The van der Waals surface area contributed by atoms with E-state index in [4.69, 9.17) is 9.84 Å². The highest BCUT2D eigenvalue weighted by molar-refractivity contribution is 4.93. The SMILES string of the molecule is CCn1ccnc1CN1CC(CO)OCC1C. The molecule has 0 bridgehead atoms. The fourth-order valence-corrected chi connectivity index (χ4v) is 2.17. The molecule has 0 spiro atoms. The van der Waals surface area contributed by atoms with Crippen LogP contribution in [0.3, 0.4) is 0 Å². The number of hydrogen-bond donors (Lipinski definition) is 1. The highest BCUT2D eigenvalue weighted by Gasteiger charge is 2.26. The zero-order chi connectivity index (χ0) is 12.3. The lowest BCUT2D eigenvalue weighted by Crippen LogP contribution is -2.49. The first-order valence-electron chi connectivity index (χ1n) is 6.21. The molecule has 1 saturated heterocycles. The molecule has 0 aliphatic carbocycles. The Morgan fingerprint density at radius 3 is 3.12 bits per heavy atom. The van der Waals surface area contributed by atoms with Crippen molar-refractivity contribution in [2.24, 2.45) is 0 Å². The Morgan fingerprint density at radius 2 is 2.41 bits per heavy atom. The third-order valence-electron chi connectivity index (χ3n) is 3.33. The Hall–Kier alpha value is -0.910. The van der Waals surface area contributed by atoms with Gasteiger partial charge in [-0.25, -0.2) is 4.98 Å². The molecule has 0 amide bonds. The molecule has 1 aromatic heterocycles. The number of hydrogen-bond acceptors (Lipinski definition) is 4. The van der Waals surface area contributed by atoms with Gasteiger partial charge < -0.3 is 14.4 Å². The summed E-state index contributed by atoms with van der Waals surface area (Å²) >= 11 is 0. The second kappa shape index (κ2) is 5.62. The molecule has 0 radical (unpaired) electrons. The summed E-state index contributed by atoms with van der Waals surface area (Å²) < 4.78 is 7.68. The molecule has 17 heavy (non-hydrogen) atoms. The fraction of sp³-hybridized carbons (Fsp3) is 0.750. The van der Waals surface area contributed by atoms with Crippen LogP contribution in [0.25, 0.3) is 0 Å². The van der Waals surface area contributed by atoms with E-state index in [9.17, 15) is 0 Å². The zero-order valence-corrected chi connectivity index (χ0v) is 10.5. The number of rotatable bonds is 4. The predicted octanol–water partition coefficient (Wildman–Crippen LogP) is 0.485. The van der Waals surface area contributed by atoms with Crippen molar-refractivity contribution in [2.45, 2.75) is 39.1 Å². The Labute approximate surface area is 102 Å². The predicted molar refractivity (Wildman–Crippen MR) is 64.6 cm³/mol. The first kappa shape index (κ1) is 12.5. The van der Waals surface area contributed by atoms with Crippen molar-refractivity contribution in [3.8, 4) is 0 Å². The number of ether oxygens (including phenoxy) is 1. The molecule has 5 heteroatoms. The van der Waals surface area contributed by atoms with Gasteiger partial charge in [-0.15, -0.1) is 0 Å². The van der Waals surface area contributed by atoms with Crippen LogP contribution in [0.2, 0.25) is 0 Å². The number of aliphatic hydroxyl groups excluding tert-OH is 1. The molecule has 96 valence electrons. The van der Waals surface area contributed by atoms with Crippen LogP contribution >= 0.6 is 0 Å². The minimum atomic E-state index is -0.0590. The van der Waals surface area contributed by atoms with E-state index in [1.165, 1.54) is 0 Å². The molecule has 1 fully saturated rings. The Bertz CT molecular complexity index is 353. The summed E-state index contributed by atoms with van der Waals surface area (Å²) in [6.07, 6.45) is 3.79. The van der Waals surface area contributed by atoms with Gasteiger partial charge in [0, 0.05) is 31.5 Å². The van der Waals surface area contributed by atoms with Crippen molar-refractivity contribution in [3.63, 3.8) is 0 Å². The van der Waals surface area contributed by atoms with E-state index in [-0.39, 0.29) is 12.7 Å². The third-order valence-corrected chi connectivity index (χ3v) is 3.33. The Morgan fingerprint density at radius 1 is 1.59 bits per heavy atom. The van der Waals surface area contributed by atoms with E-state index in [0.29, 0.717) is 12.6 Å². The van der Waals surface area contributed by atoms with Gasteiger partial charge in [-0.05, 0) is 13.8 Å². The molecule has 1 N–H and O–H groups in total. The minimum Gasteiger partial charge on any atom is -0.394 e. The van der Waals surface area contributed by atoms with E-state index < -0.39 is 0 Å². The van der Waals surface area contributed by atoms with Crippen molar-refractivity contribution in [3.05, 3.63) is 18.2 Å². The van der Waals surface area contributed by atoms with Crippen molar-refractivity contribution in [2.75, 3.05) is 19.8 Å². The smallest absolute Gasteiger partial charge is 0.122 e. The van der Waals surface area contributed by atoms with Gasteiger partial charge in [0.2, 0.25) is 0 Å². The first-order chi connectivity index (χ1) is 8.24. The summed E-state index contributed by atoms with van der Waals surface area (Å²) in [5.41, 5.74) is 0. The monoisotopic (exact) mass is 239 g/mol. The van der Waals surface area contributed by atoms with Crippen molar-refractivity contribution >= 4 is 0 Å². The van der Waals surface area contributed by atoms with Crippen LogP contribution in [0.5, 0.6) is 0 Å². The van der Waals surface area contributed by atoms with Crippen LogP contribution in [0.15, 0.2) is 12.4 Å². The van der Waals surface area contributed by atoms with Crippen LogP contribution in [-0.2, 0) is 17.8 Å². The first-order valence-corrected chi connectivity index (χ1v) is 6.21. The van der Waals surface area contributed by atoms with Crippen LogP contribution in [0.1, 0.15) is 19.7 Å². The molecular formula is C12H21N3O2. The third kappa shape index (κ3) is 2.86. The standard InChI is InChI=1S/C12H21N3O2/c1-3-14-5-4-13-12(14)7-15-6-11(8-16)17-9-10(15)2/h4-5,10-11,16H,3,6-9H2,1-2H3. The van der Waals surface area contributed by atoms with Gasteiger partial charge >= 0.3 is 0 Å². The second-order valence-electron chi connectivity index (χ2n) is 4.55. The lowest BCUT2D eigenvalue weighted by Gasteiger charge is -2.37. The van der Waals surface area contributed by atoms with Gasteiger partial charge in [-0.2, -0.15) is 0 Å². The molecule has 0 saturated carbocycles. The van der Waals surface area contributed by atoms with Gasteiger partial charge in [-0.3, -0.25) is 4.90 Å². The minimum absolute atomic E-state index is 0.0590. The van der Waals surface area contributed by atoms with Crippen molar-refractivity contribution in [1.82, 2.24) is 14.5 Å². The Kier molecular flexibility index (Phi) is 4.15. The number of nitrogens with zero attached hydrogens (tertiary/aromatic N) is 3. The highest BCUT2D eigenvalue weighted by atomic mass is 16.5. The molecule has 2 unspecified atom stereocenters. The maximum Gasteiger partial charge on any atom is 0.122 e. The fourth-order valence-electron chi connectivity index (χ4n) is 2.17. The summed E-state index contributed by atoms with van der Waals surface area (Å²) in [5, 5.41) is 9.15. The largest absolute Gasteiger partial charge is 0.394 e. The van der Waals surface area contributed by atoms with Crippen LogP contribution in [0.4, 0.5) is 0 Å². The number of aliphatic hydroxyl groups is 1. The summed E-state index contributed by atoms with van der Waals surface area (Å²) in [6, 6.07) is 0.375. The molecule has 1 aromatic rings. The second-order valence-corrected chi connectivity index (χ2v) is 4.55. The summed E-state index contributed by atoms with van der Waals surface area (Å²) in [5.74, 6) is 1.08. The van der Waals surface area contributed by atoms with E-state index in [2.05, 4.69) is 28.3 Å².